The predicted molar refractivity (Wildman–Crippen MR) is 135 cm³/mol. The van der Waals surface area contributed by atoms with Crippen molar-refractivity contribution in [3.63, 3.8) is 0 Å². The number of hydrogen-bond acceptors (Lipinski definition) is 5. The molecular formula is C25H25N3O2S2. The number of nitrogens with one attached hydrogen (secondary N) is 1. The highest BCUT2D eigenvalue weighted by molar-refractivity contribution is 7.99. The molecule has 0 saturated carbocycles. The van der Waals surface area contributed by atoms with Gasteiger partial charge in [-0.15, -0.1) is 11.3 Å². The largest absolute Gasteiger partial charge is 0.325 e. The normalized spacial score (nSPS) is 11.3. The third-order valence-corrected chi connectivity index (χ3v) is 7.05. The van der Waals surface area contributed by atoms with Crippen LogP contribution in [0.2, 0.25) is 0 Å². The lowest BCUT2D eigenvalue weighted by atomic mass is 10.0. The van der Waals surface area contributed by atoms with Gasteiger partial charge in [-0.3, -0.25) is 14.2 Å². The van der Waals surface area contributed by atoms with E-state index in [2.05, 4.69) is 25.2 Å². The fourth-order valence-electron chi connectivity index (χ4n) is 3.46. The molecule has 7 heteroatoms. The molecule has 4 rings (SSSR count). The SMILES string of the molecule is Cc1ccc(C)c(-n2c(SCC(=O)Nc3cccc(C(C)C)c3)nc3ccsc3c2=O)c1. The molecule has 0 saturated heterocycles. The van der Waals surface area contributed by atoms with Crippen LogP contribution in [0.3, 0.4) is 0 Å². The van der Waals surface area contributed by atoms with Crippen LogP contribution in [-0.2, 0) is 4.79 Å². The molecule has 0 radical (unpaired) electrons. The molecular weight excluding hydrogens is 438 g/mol. The minimum Gasteiger partial charge on any atom is -0.325 e. The Hall–Kier alpha value is -2.90. The van der Waals surface area contributed by atoms with Crippen LogP contribution >= 0.6 is 23.1 Å². The average molecular weight is 464 g/mol. The summed E-state index contributed by atoms with van der Waals surface area (Å²) in [5, 5.41) is 5.35. The lowest BCUT2D eigenvalue weighted by Crippen LogP contribution is -2.23. The van der Waals surface area contributed by atoms with Crippen molar-refractivity contribution >= 4 is 44.9 Å². The molecule has 0 unspecified atom stereocenters. The third-order valence-electron chi connectivity index (χ3n) is 5.22. The second-order valence-electron chi connectivity index (χ2n) is 8.08. The summed E-state index contributed by atoms with van der Waals surface area (Å²) in [6.45, 7) is 8.21. The average Bonchev–Trinajstić information content (AvgIpc) is 3.23. The smallest absolute Gasteiger partial charge is 0.276 e. The van der Waals surface area contributed by atoms with E-state index in [0.29, 0.717) is 21.3 Å². The highest BCUT2D eigenvalue weighted by Crippen LogP contribution is 2.26. The van der Waals surface area contributed by atoms with E-state index in [4.69, 9.17) is 4.98 Å². The van der Waals surface area contributed by atoms with E-state index in [0.717, 1.165) is 22.5 Å². The number of aromatic nitrogens is 2. The highest BCUT2D eigenvalue weighted by atomic mass is 32.2. The van der Waals surface area contributed by atoms with Gasteiger partial charge in [0.1, 0.15) is 4.70 Å². The van der Waals surface area contributed by atoms with Gasteiger partial charge in [0.05, 0.1) is 17.0 Å². The molecule has 0 aliphatic carbocycles. The first kappa shape index (κ1) is 22.3. The molecule has 32 heavy (non-hydrogen) atoms. The molecule has 2 aromatic heterocycles. The summed E-state index contributed by atoms with van der Waals surface area (Å²) in [5.74, 6) is 0.400. The van der Waals surface area contributed by atoms with Crippen molar-refractivity contribution < 1.29 is 4.79 Å². The van der Waals surface area contributed by atoms with Crippen LogP contribution in [-0.4, -0.2) is 21.2 Å². The molecule has 0 spiro atoms. The maximum Gasteiger partial charge on any atom is 0.276 e. The number of thiophene rings is 1. The zero-order valence-electron chi connectivity index (χ0n) is 18.5. The van der Waals surface area contributed by atoms with Crippen molar-refractivity contribution in [2.24, 2.45) is 0 Å². The van der Waals surface area contributed by atoms with Crippen LogP contribution in [0.15, 0.2) is 63.9 Å². The van der Waals surface area contributed by atoms with Crippen molar-refractivity contribution in [3.8, 4) is 5.69 Å². The first-order chi connectivity index (χ1) is 15.3. The zero-order valence-corrected chi connectivity index (χ0v) is 20.1. The molecule has 164 valence electrons. The van der Waals surface area contributed by atoms with Gasteiger partial charge in [-0.2, -0.15) is 0 Å². The van der Waals surface area contributed by atoms with E-state index < -0.39 is 0 Å². The maximum absolute atomic E-state index is 13.3. The number of carbonyl (C=O) groups is 1. The predicted octanol–water partition coefficient (Wildman–Crippen LogP) is 5.92. The molecule has 1 N–H and O–H groups in total. The fourth-order valence-corrected chi connectivity index (χ4v) is 5.03. The molecule has 2 heterocycles. The molecule has 0 atom stereocenters. The summed E-state index contributed by atoms with van der Waals surface area (Å²) in [6, 6.07) is 15.7. The van der Waals surface area contributed by atoms with E-state index in [1.54, 1.807) is 4.57 Å². The Balaban J connectivity index is 1.64. The summed E-state index contributed by atoms with van der Waals surface area (Å²) in [4.78, 5) is 30.7. The number of fused-ring (bicyclic) bond motifs is 1. The number of aryl methyl sites for hydroxylation is 2. The molecule has 5 nitrogen and oxygen atoms in total. The van der Waals surface area contributed by atoms with Crippen molar-refractivity contribution in [1.29, 1.82) is 0 Å². The van der Waals surface area contributed by atoms with E-state index >= 15 is 0 Å². The Morgan fingerprint density at radius 1 is 1.16 bits per heavy atom. The first-order valence-corrected chi connectivity index (χ1v) is 12.3. The van der Waals surface area contributed by atoms with Crippen LogP contribution in [0.25, 0.3) is 15.9 Å². The number of anilines is 1. The van der Waals surface area contributed by atoms with Crippen LogP contribution in [0, 0.1) is 13.8 Å². The summed E-state index contributed by atoms with van der Waals surface area (Å²) < 4.78 is 2.25. The van der Waals surface area contributed by atoms with Gasteiger partial charge in [-0.25, -0.2) is 4.98 Å². The number of thioether (sulfide) groups is 1. The number of amides is 1. The molecule has 2 aromatic carbocycles. The van der Waals surface area contributed by atoms with Gasteiger partial charge >= 0.3 is 0 Å². The number of hydrogen-bond donors (Lipinski definition) is 1. The van der Waals surface area contributed by atoms with E-state index in [1.165, 1.54) is 28.7 Å². The van der Waals surface area contributed by atoms with Crippen molar-refractivity contribution in [1.82, 2.24) is 9.55 Å². The molecule has 0 aliphatic rings. The summed E-state index contributed by atoms with van der Waals surface area (Å²) in [6.07, 6.45) is 0. The van der Waals surface area contributed by atoms with Crippen LogP contribution in [0.5, 0.6) is 0 Å². The second-order valence-corrected chi connectivity index (χ2v) is 9.94. The first-order valence-electron chi connectivity index (χ1n) is 10.4. The van der Waals surface area contributed by atoms with Gasteiger partial charge in [0.25, 0.3) is 5.56 Å². The summed E-state index contributed by atoms with van der Waals surface area (Å²) in [5.41, 5.74) is 5.33. The number of benzene rings is 2. The third kappa shape index (κ3) is 4.64. The molecule has 4 aromatic rings. The quantitative estimate of drug-likeness (QED) is 0.285. The second kappa shape index (κ2) is 9.30. The van der Waals surface area contributed by atoms with Gasteiger partial charge in [-0.05, 0) is 66.1 Å². The van der Waals surface area contributed by atoms with E-state index in [-0.39, 0.29) is 17.2 Å². The zero-order chi connectivity index (χ0) is 22.8. The minimum absolute atomic E-state index is 0.105. The number of nitrogens with zero attached hydrogens (tertiary/aromatic N) is 2. The van der Waals surface area contributed by atoms with E-state index in [9.17, 15) is 9.59 Å². The van der Waals surface area contributed by atoms with Crippen LogP contribution in [0.1, 0.15) is 36.5 Å². The molecule has 1 amide bonds. The fraction of sp³-hybridized carbons (Fsp3) is 0.240. The molecule has 0 fully saturated rings. The van der Waals surface area contributed by atoms with Crippen molar-refractivity contribution in [2.75, 3.05) is 11.1 Å². The topological polar surface area (TPSA) is 64.0 Å². The standard InChI is InChI=1S/C25H25N3O2S2/c1-15(2)18-6-5-7-19(13-18)26-22(29)14-32-25-27-20-10-11-31-23(20)24(30)28(25)21-12-16(3)8-9-17(21)4/h5-13,15H,14H2,1-4H3,(H,26,29). The van der Waals surface area contributed by atoms with Crippen LogP contribution in [0.4, 0.5) is 5.69 Å². The van der Waals surface area contributed by atoms with E-state index in [1.807, 2.05) is 61.7 Å². The minimum atomic E-state index is -0.136. The van der Waals surface area contributed by atoms with Crippen molar-refractivity contribution in [2.45, 2.75) is 38.8 Å². The maximum atomic E-state index is 13.3. The molecule has 0 aliphatic heterocycles. The van der Waals surface area contributed by atoms with Gasteiger partial charge in [0.2, 0.25) is 5.91 Å². The summed E-state index contributed by atoms with van der Waals surface area (Å²) in [7, 11) is 0. The van der Waals surface area contributed by atoms with Crippen LogP contribution < -0.4 is 10.9 Å². The Morgan fingerprint density at radius 3 is 2.75 bits per heavy atom. The van der Waals surface area contributed by atoms with Crippen molar-refractivity contribution in [3.05, 3.63) is 81.0 Å². The Kier molecular flexibility index (Phi) is 6.48. The summed E-state index contributed by atoms with van der Waals surface area (Å²) >= 11 is 2.66. The molecule has 0 bridgehead atoms. The monoisotopic (exact) mass is 463 g/mol. The van der Waals surface area contributed by atoms with Gasteiger partial charge in [0.15, 0.2) is 5.16 Å². The van der Waals surface area contributed by atoms with Gasteiger partial charge in [0, 0.05) is 5.69 Å². The highest BCUT2D eigenvalue weighted by Gasteiger charge is 2.17. The Bertz CT molecular complexity index is 1360. The number of rotatable bonds is 6. The Morgan fingerprint density at radius 2 is 1.97 bits per heavy atom. The van der Waals surface area contributed by atoms with Gasteiger partial charge in [-0.1, -0.05) is 49.9 Å². The lowest BCUT2D eigenvalue weighted by molar-refractivity contribution is -0.113. The Labute approximate surface area is 195 Å². The number of carbonyl (C=O) groups excluding carboxylic acids is 1. The lowest BCUT2D eigenvalue weighted by Gasteiger charge is -2.15. The van der Waals surface area contributed by atoms with Gasteiger partial charge < -0.3 is 5.32 Å².